The molecule has 0 spiro atoms. The molecule has 0 aliphatic carbocycles. The lowest BCUT2D eigenvalue weighted by atomic mass is 9.87. The molecular weight excluding hydrogens is 524 g/mol. The summed E-state index contributed by atoms with van der Waals surface area (Å²) in [4.78, 5) is 17.4. The molecule has 1 amide bonds. The van der Waals surface area contributed by atoms with Gasteiger partial charge in [-0.15, -0.1) is 6.58 Å². The summed E-state index contributed by atoms with van der Waals surface area (Å²) in [5.74, 6) is -0.598. The van der Waals surface area contributed by atoms with Crippen molar-refractivity contribution in [2.45, 2.75) is 42.0 Å². The van der Waals surface area contributed by atoms with Crippen LogP contribution in [0.5, 0.6) is 0 Å². The van der Waals surface area contributed by atoms with Crippen molar-refractivity contribution < 1.29 is 21.6 Å². The molecule has 1 aliphatic heterocycles. The summed E-state index contributed by atoms with van der Waals surface area (Å²) >= 11 is 0. The van der Waals surface area contributed by atoms with Crippen LogP contribution < -0.4 is 5.32 Å². The van der Waals surface area contributed by atoms with Crippen LogP contribution in [0.25, 0.3) is 10.9 Å². The lowest BCUT2D eigenvalue weighted by Gasteiger charge is -2.39. The molecular formula is C27H32N4O5S2. The third-order valence-corrected chi connectivity index (χ3v) is 10.3. The van der Waals surface area contributed by atoms with E-state index < -0.39 is 32.0 Å². The fraction of sp³-hybridized carbons (Fsp3) is 0.333. The second-order valence-corrected chi connectivity index (χ2v) is 14.0. The van der Waals surface area contributed by atoms with Gasteiger partial charge >= 0.3 is 0 Å². The van der Waals surface area contributed by atoms with Gasteiger partial charge in [0.15, 0.2) is 0 Å². The lowest BCUT2D eigenvalue weighted by Crippen LogP contribution is -2.61. The normalized spacial score (nSPS) is 17.8. The minimum absolute atomic E-state index is 0.00796. The van der Waals surface area contributed by atoms with Crippen LogP contribution in [0.1, 0.15) is 26.3 Å². The van der Waals surface area contributed by atoms with E-state index in [1.807, 2.05) is 20.8 Å². The van der Waals surface area contributed by atoms with E-state index in [4.69, 9.17) is 0 Å². The van der Waals surface area contributed by atoms with Gasteiger partial charge in [-0.2, -0.15) is 8.61 Å². The maximum atomic E-state index is 13.7. The van der Waals surface area contributed by atoms with Crippen molar-refractivity contribution in [2.75, 3.05) is 26.2 Å². The fourth-order valence-corrected chi connectivity index (χ4v) is 7.42. The first-order valence-corrected chi connectivity index (χ1v) is 15.1. The molecule has 0 bridgehead atoms. The molecule has 202 valence electrons. The number of aromatic nitrogens is 1. The van der Waals surface area contributed by atoms with E-state index in [0.717, 1.165) is 9.87 Å². The number of pyridine rings is 1. The molecule has 1 N–H and O–H groups in total. The Hall–Kier alpha value is -3.12. The molecule has 9 nitrogen and oxygen atoms in total. The van der Waals surface area contributed by atoms with E-state index in [0.29, 0.717) is 10.9 Å². The Morgan fingerprint density at radius 3 is 2.37 bits per heavy atom. The molecule has 2 heterocycles. The Kier molecular flexibility index (Phi) is 7.76. The van der Waals surface area contributed by atoms with Crippen LogP contribution >= 0.6 is 0 Å². The minimum Gasteiger partial charge on any atom is -0.351 e. The number of piperazine rings is 1. The number of sulfonamides is 2. The van der Waals surface area contributed by atoms with Crippen molar-refractivity contribution in [3.63, 3.8) is 0 Å². The molecule has 11 heteroatoms. The largest absolute Gasteiger partial charge is 0.351 e. The quantitative estimate of drug-likeness (QED) is 0.448. The highest BCUT2D eigenvalue weighted by Gasteiger charge is 2.43. The van der Waals surface area contributed by atoms with Gasteiger partial charge in [-0.05, 0) is 47.4 Å². The highest BCUT2D eigenvalue weighted by Crippen LogP contribution is 2.28. The van der Waals surface area contributed by atoms with E-state index >= 15 is 0 Å². The number of carbonyl (C=O) groups excluding carboxylic acids is 1. The molecule has 1 aromatic heterocycles. The summed E-state index contributed by atoms with van der Waals surface area (Å²) < 4.78 is 56.7. The maximum absolute atomic E-state index is 13.7. The molecule has 1 fully saturated rings. The maximum Gasteiger partial charge on any atom is 0.243 e. The van der Waals surface area contributed by atoms with Crippen molar-refractivity contribution in [1.82, 2.24) is 18.9 Å². The number of amides is 1. The second kappa shape index (κ2) is 10.6. The predicted molar refractivity (Wildman–Crippen MR) is 147 cm³/mol. The summed E-state index contributed by atoms with van der Waals surface area (Å²) in [6.45, 7) is 9.21. The Bertz CT molecular complexity index is 1560. The fourth-order valence-electron chi connectivity index (χ4n) is 4.38. The number of fused-ring (bicyclic) bond motifs is 1. The Labute approximate surface area is 224 Å². The first kappa shape index (κ1) is 27.9. The summed E-state index contributed by atoms with van der Waals surface area (Å²) in [6.07, 6.45) is 3.09. The number of rotatable bonds is 7. The van der Waals surface area contributed by atoms with Crippen LogP contribution in [-0.2, 0) is 30.3 Å². The van der Waals surface area contributed by atoms with Gasteiger partial charge in [0.25, 0.3) is 0 Å². The van der Waals surface area contributed by atoms with Crippen molar-refractivity contribution in [2.24, 2.45) is 0 Å². The zero-order valence-corrected chi connectivity index (χ0v) is 23.3. The number of hydrogen-bond donors (Lipinski definition) is 1. The molecule has 2 aromatic carbocycles. The van der Waals surface area contributed by atoms with Crippen LogP contribution in [0.15, 0.2) is 83.2 Å². The standard InChI is InChI=1S/C27H32N4O5S2/c1-5-14-29-26(32)25-19-30(37(33,34)22-10-8-21(9-11-22)27(2,3)4)16-17-31(25)38(35,36)23-12-13-24-20(18-23)7-6-15-28-24/h5-13,15,18,25H,1,14,16-17,19H2,2-4H3,(H,29,32)/t25-/m1/s1. The molecule has 1 aliphatic rings. The number of nitrogens with one attached hydrogen (secondary N) is 1. The summed E-state index contributed by atoms with van der Waals surface area (Å²) in [6, 6.07) is 13.4. The monoisotopic (exact) mass is 556 g/mol. The summed E-state index contributed by atoms with van der Waals surface area (Å²) in [5, 5.41) is 3.27. The van der Waals surface area contributed by atoms with Gasteiger partial charge in [0.1, 0.15) is 6.04 Å². The smallest absolute Gasteiger partial charge is 0.243 e. The van der Waals surface area contributed by atoms with Crippen LogP contribution in [0, 0.1) is 0 Å². The first-order chi connectivity index (χ1) is 17.9. The molecule has 38 heavy (non-hydrogen) atoms. The average Bonchev–Trinajstić information content (AvgIpc) is 2.90. The van der Waals surface area contributed by atoms with Gasteiger partial charge in [0, 0.05) is 37.8 Å². The first-order valence-electron chi connectivity index (χ1n) is 12.2. The van der Waals surface area contributed by atoms with Crippen molar-refractivity contribution >= 4 is 36.9 Å². The Morgan fingerprint density at radius 2 is 1.71 bits per heavy atom. The molecule has 0 saturated carbocycles. The SMILES string of the molecule is C=CCNC(=O)[C@H]1CN(S(=O)(=O)c2ccc(C(C)(C)C)cc2)CCN1S(=O)(=O)c1ccc2ncccc2c1. The van der Waals surface area contributed by atoms with Gasteiger partial charge < -0.3 is 5.32 Å². The molecule has 1 atom stereocenters. The van der Waals surface area contributed by atoms with Gasteiger partial charge in [-0.1, -0.05) is 45.0 Å². The van der Waals surface area contributed by atoms with Gasteiger partial charge in [0.2, 0.25) is 26.0 Å². The lowest BCUT2D eigenvalue weighted by molar-refractivity contribution is -0.125. The van der Waals surface area contributed by atoms with E-state index in [-0.39, 0.29) is 41.4 Å². The highest BCUT2D eigenvalue weighted by molar-refractivity contribution is 7.89. The van der Waals surface area contributed by atoms with E-state index in [1.54, 1.807) is 48.7 Å². The van der Waals surface area contributed by atoms with Gasteiger partial charge in [0.05, 0.1) is 15.3 Å². The van der Waals surface area contributed by atoms with Crippen LogP contribution in [-0.4, -0.2) is 68.6 Å². The minimum atomic E-state index is -4.13. The third kappa shape index (κ3) is 5.51. The number of benzene rings is 2. The highest BCUT2D eigenvalue weighted by atomic mass is 32.2. The zero-order valence-electron chi connectivity index (χ0n) is 21.7. The molecule has 0 radical (unpaired) electrons. The predicted octanol–water partition coefficient (Wildman–Crippen LogP) is 2.90. The number of carbonyl (C=O) groups is 1. The molecule has 3 aromatic rings. The summed E-state index contributed by atoms with van der Waals surface area (Å²) in [5.41, 5.74) is 1.48. The number of hydrogen-bond acceptors (Lipinski definition) is 6. The van der Waals surface area contributed by atoms with E-state index in [1.165, 1.54) is 22.5 Å². The van der Waals surface area contributed by atoms with Crippen molar-refractivity contribution in [3.8, 4) is 0 Å². The zero-order chi connectivity index (χ0) is 27.7. The molecule has 0 unspecified atom stereocenters. The van der Waals surface area contributed by atoms with Gasteiger partial charge in [-0.3, -0.25) is 9.78 Å². The van der Waals surface area contributed by atoms with Crippen molar-refractivity contribution in [1.29, 1.82) is 0 Å². The third-order valence-electron chi connectivity index (χ3n) is 6.56. The summed E-state index contributed by atoms with van der Waals surface area (Å²) in [7, 11) is -8.10. The van der Waals surface area contributed by atoms with E-state index in [9.17, 15) is 21.6 Å². The second-order valence-electron chi connectivity index (χ2n) is 10.2. The van der Waals surface area contributed by atoms with E-state index in [2.05, 4.69) is 16.9 Å². The van der Waals surface area contributed by atoms with Gasteiger partial charge in [-0.25, -0.2) is 16.8 Å². The van der Waals surface area contributed by atoms with Crippen LogP contribution in [0.2, 0.25) is 0 Å². The van der Waals surface area contributed by atoms with Crippen molar-refractivity contribution in [3.05, 3.63) is 79.0 Å². The Morgan fingerprint density at radius 1 is 1.03 bits per heavy atom. The van der Waals surface area contributed by atoms with Crippen LogP contribution in [0.4, 0.5) is 0 Å². The molecule has 1 saturated heterocycles. The number of nitrogens with zero attached hydrogens (tertiary/aromatic N) is 3. The molecule has 4 rings (SSSR count). The Balaban J connectivity index is 1.67. The van der Waals surface area contributed by atoms with Crippen LogP contribution in [0.3, 0.4) is 0 Å². The average molecular weight is 557 g/mol. The topological polar surface area (TPSA) is 117 Å².